The number of fused-ring (bicyclic) bond motifs is 1. The van der Waals surface area contributed by atoms with Crippen molar-refractivity contribution >= 4 is 22.6 Å². The Bertz CT molecular complexity index is 571. The number of carbonyl (C=O) groups excluding carboxylic acids is 1. The van der Waals surface area contributed by atoms with Crippen molar-refractivity contribution in [3.8, 4) is 0 Å². The molecule has 0 radical (unpaired) electrons. The van der Waals surface area contributed by atoms with Crippen LogP contribution >= 0.6 is 0 Å². The average molecular weight is 247 g/mol. The lowest BCUT2D eigenvalue weighted by Gasteiger charge is -2.15. The fourth-order valence-corrected chi connectivity index (χ4v) is 1.53. The monoisotopic (exact) mass is 247 g/mol. The lowest BCUT2D eigenvalue weighted by atomic mass is 10.1. The highest BCUT2D eigenvalue weighted by atomic mass is 16.6. The number of ether oxygens (including phenoxy) is 1. The summed E-state index contributed by atoms with van der Waals surface area (Å²) in [6.45, 7) is 5.86. The molecule has 0 saturated heterocycles. The molecule has 96 valence electrons. The second-order valence-corrected chi connectivity index (χ2v) is 4.76. The number of nitrogen functional groups attached to an aromatic ring is 1. The Kier molecular flexibility index (Phi) is 3.28. The van der Waals surface area contributed by atoms with Crippen LogP contribution in [0.4, 0.5) is 5.69 Å². The van der Waals surface area contributed by atoms with Crippen molar-refractivity contribution in [1.29, 1.82) is 0 Å². The molecule has 1 atom stereocenters. The highest BCUT2D eigenvalue weighted by Crippen LogP contribution is 2.22. The van der Waals surface area contributed by atoms with E-state index in [0.717, 1.165) is 5.39 Å². The molecule has 1 unspecified atom stereocenters. The van der Waals surface area contributed by atoms with Gasteiger partial charge in [0.2, 0.25) is 5.76 Å². The van der Waals surface area contributed by atoms with Gasteiger partial charge in [0.15, 0.2) is 0 Å². The summed E-state index contributed by atoms with van der Waals surface area (Å²) in [5.74, 6) is 0.0445. The molecule has 4 heteroatoms. The van der Waals surface area contributed by atoms with Crippen LogP contribution in [-0.2, 0) is 4.74 Å². The molecule has 0 aliphatic heterocycles. The zero-order valence-corrected chi connectivity index (χ0v) is 10.8. The number of hydrogen-bond acceptors (Lipinski definition) is 4. The van der Waals surface area contributed by atoms with Crippen molar-refractivity contribution in [1.82, 2.24) is 0 Å². The first-order chi connectivity index (χ1) is 8.47. The Morgan fingerprint density at radius 3 is 2.67 bits per heavy atom. The summed E-state index contributed by atoms with van der Waals surface area (Å²) in [6.07, 6.45) is -0.143. The molecule has 0 spiro atoms. The predicted octanol–water partition coefficient (Wildman–Crippen LogP) is 3.22. The standard InChI is InChI=1S/C14H17NO3/c1-8(2)9(3)17-14(16)13-7-10-6-11(15)4-5-12(10)18-13/h4-9H,15H2,1-3H3. The van der Waals surface area contributed by atoms with Gasteiger partial charge in [0.1, 0.15) is 11.7 Å². The summed E-state index contributed by atoms with van der Waals surface area (Å²) in [4.78, 5) is 11.9. The van der Waals surface area contributed by atoms with Gasteiger partial charge < -0.3 is 14.9 Å². The maximum Gasteiger partial charge on any atom is 0.374 e. The number of esters is 1. The van der Waals surface area contributed by atoms with Gasteiger partial charge in [-0.3, -0.25) is 0 Å². The molecule has 2 N–H and O–H groups in total. The van der Waals surface area contributed by atoms with E-state index in [2.05, 4.69) is 0 Å². The molecule has 18 heavy (non-hydrogen) atoms. The van der Waals surface area contributed by atoms with Gasteiger partial charge in [-0.25, -0.2) is 4.79 Å². The highest BCUT2D eigenvalue weighted by Gasteiger charge is 2.18. The van der Waals surface area contributed by atoms with Gasteiger partial charge in [-0.1, -0.05) is 13.8 Å². The number of nitrogens with two attached hydrogens (primary N) is 1. The van der Waals surface area contributed by atoms with Crippen molar-refractivity contribution in [3.05, 3.63) is 30.0 Å². The number of carbonyl (C=O) groups is 1. The molecule has 2 aromatic rings. The Morgan fingerprint density at radius 1 is 1.28 bits per heavy atom. The average Bonchev–Trinajstić information content (AvgIpc) is 2.71. The van der Waals surface area contributed by atoms with E-state index in [9.17, 15) is 4.79 Å². The molecule has 0 bridgehead atoms. The highest BCUT2D eigenvalue weighted by molar-refractivity contribution is 5.93. The quantitative estimate of drug-likeness (QED) is 0.668. The van der Waals surface area contributed by atoms with Crippen LogP contribution in [-0.4, -0.2) is 12.1 Å². The number of rotatable bonds is 3. The van der Waals surface area contributed by atoms with E-state index in [0.29, 0.717) is 11.3 Å². The van der Waals surface area contributed by atoms with E-state index in [1.807, 2.05) is 20.8 Å². The molecule has 1 aromatic carbocycles. The van der Waals surface area contributed by atoms with E-state index < -0.39 is 5.97 Å². The summed E-state index contributed by atoms with van der Waals surface area (Å²) < 4.78 is 10.7. The number of benzene rings is 1. The molecular formula is C14H17NO3. The minimum atomic E-state index is -0.439. The van der Waals surface area contributed by atoms with E-state index in [1.165, 1.54) is 0 Å². The molecule has 0 fully saturated rings. The van der Waals surface area contributed by atoms with E-state index in [1.54, 1.807) is 24.3 Å². The van der Waals surface area contributed by atoms with Gasteiger partial charge in [0.25, 0.3) is 0 Å². The number of anilines is 1. The van der Waals surface area contributed by atoms with Crippen LogP contribution < -0.4 is 5.73 Å². The summed E-state index contributed by atoms with van der Waals surface area (Å²) in [5, 5.41) is 0.805. The summed E-state index contributed by atoms with van der Waals surface area (Å²) in [7, 11) is 0. The summed E-state index contributed by atoms with van der Waals surface area (Å²) >= 11 is 0. The molecule has 0 amide bonds. The van der Waals surface area contributed by atoms with Gasteiger partial charge in [-0.15, -0.1) is 0 Å². The van der Waals surface area contributed by atoms with Crippen LogP contribution in [0.5, 0.6) is 0 Å². The Labute approximate surface area is 106 Å². The third-order valence-electron chi connectivity index (χ3n) is 2.97. The molecule has 0 aliphatic rings. The maximum atomic E-state index is 11.9. The van der Waals surface area contributed by atoms with E-state index >= 15 is 0 Å². The Hall–Kier alpha value is -1.97. The van der Waals surface area contributed by atoms with Crippen LogP contribution in [0.25, 0.3) is 11.0 Å². The largest absolute Gasteiger partial charge is 0.457 e. The van der Waals surface area contributed by atoms with E-state index in [-0.39, 0.29) is 17.8 Å². The lowest BCUT2D eigenvalue weighted by molar-refractivity contribution is 0.0205. The molecule has 1 heterocycles. The van der Waals surface area contributed by atoms with Crippen LogP contribution in [0.1, 0.15) is 31.3 Å². The molecule has 1 aromatic heterocycles. The predicted molar refractivity (Wildman–Crippen MR) is 70.3 cm³/mol. The van der Waals surface area contributed by atoms with Crippen molar-refractivity contribution in [2.24, 2.45) is 5.92 Å². The maximum absolute atomic E-state index is 11.9. The number of furan rings is 1. The van der Waals surface area contributed by atoms with Crippen molar-refractivity contribution < 1.29 is 13.9 Å². The van der Waals surface area contributed by atoms with Crippen LogP contribution in [0.3, 0.4) is 0 Å². The molecule has 2 rings (SSSR count). The first-order valence-corrected chi connectivity index (χ1v) is 5.97. The first kappa shape index (κ1) is 12.5. The zero-order chi connectivity index (χ0) is 13.3. The van der Waals surface area contributed by atoms with E-state index in [4.69, 9.17) is 14.9 Å². The van der Waals surface area contributed by atoms with Crippen molar-refractivity contribution in [2.75, 3.05) is 5.73 Å². The first-order valence-electron chi connectivity index (χ1n) is 5.97. The van der Waals surface area contributed by atoms with Crippen molar-refractivity contribution in [2.45, 2.75) is 26.9 Å². The second-order valence-electron chi connectivity index (χ2n) is 4.76. The second kappa shape index (κ2) is 4.72. The minimum absolute atomic E-state index is 0.143. The minimum Gasteiger partial charge on any atom is -0.457 e. The van der Waals surface area contributed by atoms with Crippen LogP contribution in [0, 0.1) is 5.92 Å². The molecule has 4 nitrogen and oxygen atoms in total. The number of hydrogen-bond donors (Lipinski definition) is 1. The molecule has 0 saturated carbocycles. The summed E-state index contributed by atoms with van der Waals surface area (Å²) in [5.41, 5.74) is 6.94. The Balaban J connectivity index is 2.23. The van der Waals surface area contributed by atoms with Gasteiger partial charge in [-0.2, -0.15) is 0 Å². The normalized spacial score (nSPS) is 12.9. The smallest absolute Gasteiger partial charge is 0.374 e. The fourth-order valence-electron chi connectivity index (χ4n) is 1.53. The fraction of sp³-hybridized carbons (Fsp3) is 0.357. The van der Waals surface area contributed by atoms with Crippen molar-refractivity contribution in [3.63, 3.8) is 0 Å². The van der Waals surface area contributed by atoms with Gasteiger partial charge >= 0.3 is 5.97 Å². The topological polar surface area (TPSA) is 65.5 Å². The molecule has 0 aliphatic carbocycles. The van der Waals surface area contributed by atoms with Crippen LogP contribution in [0.2, 0.25) is 0 Å². The summed E-state index contributed by atoms with van der Waals surface area (Å²) in [6, 6.07) is 6.90. The van der Waals surface area contributed by atoms with Gasteiger partial charge in [0, 0.05) is 11.1 Å². The third-order valence-corrected chi connectivity index (χ3v) is 2.97. The molecular weight excluding hydrogens is 230 g/mol. The van der Waals surface area contributed by atoms with Gasteiger partial charge in [0.05, 0.1) is 0 Å². The SMILES string of the molecule is CC(C)C(C)OC(=O)c1cc2cc(N)ccc2o1. The van der Waals surface area contributed by atoms with Crippen LogP contribution in [0.15, 0.2) is 28.7 Å². The third kappa shape index (κ3) is 2.47. The lowest BCUT2D eigenvalue weighted by Crippen LogP contribution is -2.19. The zero-order valence-electron chi connectivity index (χ0n) is 10.8. The van der Waals surface area contributed by atoms with Gasteiger partial charge in [-0.05, 0) is 37.1 Å². The Morgan fingerprint density at radius 2 is 2.00 bits per heavy atom.